The smallest absolute Gasteiger partial charge is 0.228 e. The minimum atomic E-state index is -0.484. The van der Waals surface area contributed by atoms with Crippen LogP contribution in [0, 0.1) is 11.6 Å². The molecule has 0 saturated heterocycles. The normalized spacial score (nSPS) is 11.4. The highest BCUT2D eigenvalue weighted by molar-refractivity contribution is 14.0. The van der Waals surface area contributed by atoms with Crippen LogP contribution in [0.15, 0.2) is 27.7 Å². The molecule has 9 heteroatoms. The van der Waals surface area contributed by atoms with Gasteiger partial charge < -0.3 is 15.2 Å². The summed E-state index contributed by atoms with van der Waals surface area (Å²) < 4.78 is 32.0. The van der Waals surface area contributed by atoms with Crippen LogP contribution in [-0.2, 0) is 13.0 Å². The molecule has 26 heavy (non-hydrogen) atoms. The van der Waals surface area contributed by atoms with Crippen LogP contribution in [0.1, 0.15) is 44.0 Å². The monoisotopic (exact) mass is 479 g/mol. The van der Waals surface area contributed by atoms with Gasteiger partial charge in [-0.3, -0.25) is 0 Å². The van der Waals surface area contributed by atoms with E-state index in [1.165, 1.54) is 0 Å². The van der Waals surface area contributed by atoms with E-state index in [0.717, 1.165) is 18.2 Å². The van der Waals surface area contributed by atoms with E-state index >= 15 is 0 Å². The number of nitrogens with zero attached hydrogens (tertiary/aromatic N) is 3. The van der Waals surface area contributed by atoms with Crippen molar-refractivity contribution in [2.24, 2.45) is 4.99 Å². The Kier molecular flexibility index (Phi) is 9.46. The minimum absolute atomic E-state index is 0. The van der Waals surface area contributed by atoms with E-state index in [-0.39, 0.29) is 42.0 Å². The first-order valence-corrected chi connectivity index (χ1v) is 8.28. The second-order valence-electron chi connectivity index (χ2n) is 5.81. The number of rotatable bonds is 7. The van der Waals surface area contributed by atoms with Crippen molar-refractivity contribution < 1.29 is 13.3 Å². The average Bonchev–Trinajstić information content (AvgIpc) is 3.04. The number of guanidine groups is 1. The van der Waals surface area contributed by atoms with Gasteiger partial charge in [-0.2, -0.15) is 4.98 Å². The number of hydrogen-bond acceptors (Lipinski definition) is 4. The van der Waals surface area contributed by atoms with E-state index in [4.69, 9.17) is 4.52 Å². The summed E-state index contributed by atoms with van der Waals surface area (Å²) in [5.41, 5.74) is 0.204. The Hall–Kier alpha value is -1.78. The molecule has 2 N–H and O–H groups in total. The average molecular weight is 479 g/mol. The van der Waals surface area contributed by atoms with Gasteiger partial charge in [0.25, 0.3) is 0 Å². The zero-order valence-electron chi connectivity index (χ0n) is 15.1. The quantitative estimate of drug-likeness (QED) is 0.362. The molecule has 0 atom stereocenters. The first kappa shape index (κ1) is 22.3. The van der Waals surface area contributed by atoms with Gasteiger partial charge >= 0.3 is 0 Å². The van der Waals surface area contributed by atoms with Crippen LogP contribution in [0.4, 0.5) is 8.78 Å². The molecule has 1 aromatic heterocycles. The lowest BCUT2D eigenvalue weighted by Gasteiger charge is -2.10. The molecule has 0 aliphatic heterocycles. The molecule has 2 rings (SSSR count). The summed E-state index contributed by atoms with van der Waals surface area (Å²) >= 11 is 0. The molecule has 0 saturated carbocycles. The lowest BCUT2D eigenvalue weighted by Crippen LogP contribution is -2.38. The number of nitrogens with one attached hydrogen (secondary N) is 2. The second-order valence-corrected chi connectivity index (χ2v) is 5.81. The summed E-state index contributed by atoms with van der Waals surface area (Å²) in [6.07, 6.45) is 0.540. The molecule has 0 radical (unpaired) electrons. The van der Waals surface area contributed by atoms with Crippen LogP contribution in [0.2, 0.25) is 0 Å². The maximum Gasteiger partial charge on any atom is 0.228 e. The van der Waals surface area contributed by atoms with Crippen molar-refractivity contribution in [1.29, 1.82) is 0 Å². The Bertz CT molecular complexity index is 721. The van der Waals surface area contributed by atoms with Gasteiger partial charge in [0.1, 0.15) is 11.6 Å². The lowest BCUT2D eigenvalue weighted by atomic mass is 10.2. The summed E-state index contributed by atoms with van der Waals surface area (Å²) in [4.78, 5) is 8.57. The molecule has 2 aromatic rings. The summed E-state index contributed by atoms with van der Waals surface area (Å²) in [6.45, 7) is 7.12. The third-order valence-corrected chi connectivity index (χ3v) is 3.39. The Morgan fingerprint density at radius 2 is 2.04 bits per heavy atom. The van der Waals surface area contributed by atoms with E-state index in [1.807, 2.05) is 20.8 Å². The minimum Gasteiger partial charge on any atom is -0.357 e. The third kappa shape index (κ3) is 6.85. The van der Waals surface area contributed by atoms with E-state index < -0.39 is 11.6 Å². The molecule has 144 valence electrons. The van der Waals surface area contributed by atoms with Gasteiger partial charge in [-0.05, 0) is 25.1 Å². The Morgan fingerprint density at radius 3 is 2.69 bits per heavy atom. The van der Waals surface area contributed by atoms with Crippen LogP contribution >= 0.6 is 24.0 Å². The van der Waals surface area contributed by atoms with E-state index in [0.29, 0.717) is 37.2 Å². The van der Waals surface area contributed by atoms with E-state index in [9.17, 15) is 8.78 Å². The predicted molar refractivity (Wildman–Crippen MR) is 107 cm³/mol. The van der Waals surface area contributed by atoms with Gasteiger partial charge in [-0.15, -0.1) is 24.0 Å². The molecule has 0 aliphatic rings. The van der Waals surface area contributed by atoms with Gasteiger partial charge in [-0.1, -0.05) is 19.0 Å². The van der Waals surface area contributed by atoms with Gasteiger partial charge in [0.2, 0.25) is 5.89 Å². The zero-order valence-corrected chi connectivity index (χ0v) is 17.4. The first-order chi connectivity index (χ1) is 12.0. The van der Waals surface area contributed by atoms with Crippen molar-refractivity contribution in [3.05, 3.63) is 47.1 Å². The van der Waals surface area contributed by atoms with Crippen LogP contribution in [-0.4, -0.2) is 29.2 Å². The summed E-state index contributed by atoms with van der Waals surface area (Å²) in [7, 11) is 0. The van der Waals surface area contributed by atoms with Gasteiger partial charge in [-0.25, -0.2) is 13.8 Å². The van der Waals surface area contributed by atoms with Gasteiger partial charge in [0, 0.05) is 31.0 Å². The van der Waals surface area contributed by atoms with Crippen LogP contribution in [0.25, 0.3) is 0 Å². The molecule has 0 amide bonds. The van der Waals surface area contributed by atoms with Gasteiger partial charge in [0.05, 0.1) is 6.54 Å². The second kappa shape index (κ2) is 11.0. The summed E-state index contributed by atoms with van der Waals surface area (Å²) in [5.74, 6) is 0.982. The molecule has 0 spiro atoms. The van der Waals surface area contributed by atoms with Crippen LogP contribution in [0.5, 0.6) is 0 Å². The van der Waals surface area contributed by atoms with Crippen molar-refractivity contribution in [3.63, 3.8) is 0 Å². The number of hydrogen-bond donors (Lipinski definition) is 2. The van der Waals surface area contributed by atoms with E-state index in [2.05, 4.69) is 25.8 Å². The zero-order chi connectivity index (χ0) is 18.2. The number of halogens is 3. The van der Waals surface area contributed by atoms with Crippen molar-refractivity contribution in [3.8, 4) is 0 Å². The van der Waals surface area contributed by atoms with E-state index in [1.54, 1.807) is 0 Å². The SMILES string of the molecule is CCNC(=NCc1cc(F)ccc1F)NCCc1nc(C(C)C)no1.I. The fourth-order valence-electron chi connectivity index (χ4n) is 2.06. The van der Waals surface area contributed by atoms with Crippen molar-refractivity contribution >= 4 is 29.9 Å². The highest BCUT2D eigenvalue weighted by atomic mass is 127. The highest BCUT2D eigenvalue weighted by Crippen LogP contribution is 2.11. The fourth-order valence-corrected chi connectivity index (χ4v) is 2.06. The molecule has 0 fully saturated rings. The van der Waals surface area contributed by atoms with Crippen molar-refractivity contribution in [2.75, 3.05) is 13.1 Å². The van der Waals surface area contributed by atoms with Crippen molar-refractivity contribution in [1.82, 2.24) is 20.8 Å². The standard InChI is InChI=1S/C17H23F2N5O.HI/c1-4-20-17(22-10-12-9-13(18)5-6-14(12)19)21-8-7-15-23-16(11(2)3)24-25-15;/h5-6,9,11H,4,7-8,10H2,1-3H3,(H2,20,21,22);1H. The largest absolute Gasteiger partial charge is 0.357 e. The lowest BCUT2D eigenvalue weighted by molar-refractivity contribution is 0.371. The molecule has 1 heterocycles. The number of aromatic nitrogens is 2. The number of benzene rings is 1. The first-order valence-electron chi connectivity index (χ1n) is 8.28. The topological polar surface area (TPSA) is 75.3 Å². The van der Waals surface area contributed by atoms with Crippen LogP contribution < -0.4 is 10.6 Å². The molecular weight excluding hydrogens is 455 g/mol. The summed E-state index contributed by atoms with van der Waals surface area (Å²) in [5, 5.41) is 10.1. The Balaban J connectivity index is 0.00000338. The molecule has 0 bridgehead atoms. The number of aliphatic imine (C=N–C) groups is 1. The maximum atomic E-state index is 13.6. The highest BCUT2D eigenvalue weighted by Gasteiger charge is 2.09. The predicted octanol–water partition coefficient (Wildman–Crippen LogP) is 3.39. The van der Waals surface area contributed by atoms with Crippen molar-refractivity contribution in [2.45, 2.75) is 39.7 Å². The molecule has 6 nitrogen and oxygen atoms in total. The molecular formula is C17H24F2IN5O. The molecule has 0 unspecified atom stereocenters. The molecule has 0 aliphatic carbocycles. The third-order valence-electron chi connectivity index (χ3n) is 3.39. The molecule has 1 aromatic carbocycles. The van der Waals surface area contributed by atoms with Gasteiger partial charge in [0.15, 0.2) is 11.8 Å². The summed E-state index contributed by atoms with van der Waals surface area (Å²) in [6, 6.07) is 3.33. The Labute approximate surface area is 168 Å². The van der Waals surface area contributed by atoms with Crippen LogP contribution in [0.3, 0.4) is 0 Å². The fraction of sp³-hybridized carbons (Fsp3) is 0.471. The Morgan fingerprint density at radius 1 is 1.27 bits per heavy atom. The maximum absolute atomic E-state index is 13.6.